The van der Waals surface area contributed by atoms with Crippen LogP contribution in [-0.2, 0) is 15.1 Å². The minimum atomic E-state index is -0.720. The predicted octanol–water partition coefficient (Wildman–Crippen LogP) is 3.09. The summed E-state index contributed by atoms with van der Waals surface area (Å²) in [5.41, 5.74) is 8.69. The molecule has 0 heterocycles. The summed E-state index contributed by atoms with van der Waals surface area (Å²) < 4.78 is 4.68. The van der Waals surface area contributed by atoms with Gasteiger partial charge in [-0.1, -0.05) is 54.6 Å². The van der Waals surface area contributed by atoms with E-state index in [4.69, 9.17) is 5.73 Å². The molecule has 0 aliphatic carbocycles. The summed E-state index contributed by atoms with van der Waals surface area (Å²) in [6.07, 6.45) is 0.161. The van der Waals surface area contributed by atoms with Gasteiger partial charge in [-0.3, -0.25) is 4.79 Å². The lowest BCUT2D eigenvalue weighted by Crippen LogP contribution is -2.35. The molecule has 0 aliphatic heterocycles. The molecule has 3 heteroatoms. The highest BCUT2D eigenvalue weighted by Crippen LogP contribution is 2.26. The fourth-order valence-electron chi connectivity index (χ4n) is 2.15. The maximum absolute atomic E-state index is 11.4. The molecule has 3 nitrogen and oxygen atoms in total. The summed E-state index contributed by atoms with van der Waals surface area (Å²) >= 11 is 0. The van der Waals surface area contributed by atoms with E-state index in [9.17, 15) is 4.79 Å². The van der Waals surface area contributed by atoms with Gasteiger partial charge in [0.1, 0.15) is 0 Å². The second-order valence-corrected chi connectivity index (χ2v) is 5.11. The summed E-state index contributed by atoms with van der Waals surface area (Å²) in [5.74, 6) is -0.304. The first-order valence-electron chi connectivity index (χ1n) is 6.54. The van der Waals surface area contributed by atoms with E-state index in [-0.39, 0.29) is 12.4 Å². The Balaban J connectivity index is 2.22. The van der Waals surface area contributed by atoms with E-state index >= 15 is 0 Å². The van der Waals surface area contributed by atoms with Gasteiger partial charge < -0.3 is 10.5 Å². The summed E-state index contributed by atoms with van der Waals surface area (Å²) in [6, 6.07) is 18.1. The monoisotopic (exact) mass is 269 g/mol. The van der Waals surface area contributed by atoms with Crippen LogP contribution < -0.4 is 5.73 Å². The lowest BCUT2D eigenvalue weighted by atomic mass is 9.88. The number of benzene rings is 2. The average molecular weight is 269 g/mol. The van der Waals surface area contributed by atoms with Crippen LogP contribution in [0.5, 0.6) is 0 Å². The van der Waals surface area contributed by atoms with Gasteiger partial charge in [0.25, 0.3) is 0 Å². The summed E-state index contributed by atoms with van der Waals surface area (Å²) in [7, 11) is 1.37. The van der Waals surface area contributed by atoms with Crippen molar-refractivity contribution in [1.29, 1.82) is 0 Å². The summed E-state index contributed by atoms with van der Waals surface area (Å²) in [6.45, 7) is 1.83. The van der Waals surface area contributed by atoms with Gasteiger partial charge >= 0.3 is 5.97 Å². The van der Waals surface area contributed by atoms with Crippen LogP contribution in [0.15, 0.2) is 54.6 Å². The highest BCUT2D eigenvalue weighted by Gasteiger charge is 2.25. The van der Waals surface area contributed by atoms with Crippen molar-refractivity contribution in [2.24, 2.45) is 5.73 Å². The first kappa shape index (κ1) is 14.3. The zero-order valence-electron chi connectivity index (χ0n) is 11.8. The zero-order chi connectivity index (χ0) is 14.6. The molecular formula is C17H19NO2. The van der Waals surface area contributed by atoms with Crippen molar-refractivity contribution in [1.82, 2.24) is 0 Å². The fourth-order valence-corrected chi connectivity index (χ4v) is 2.15. The molecule has 104 valence electrons. The second kappa shape index (κ2) is 5.88. The van der Waals surface area contributed by atoms with Gasteiger partial charge in [0.05, 0.1) is 13.5 Å². The molecule has 1 atom stereocenters. The van der Waals surface area contributed by atoms with Crippen molar-refractivity contribution in [2.45, 2.75) is 18.9 Å². The molecule has 1 unspecified atom stereocenters. The minimum absolute atomic E-state index is 0.161. The standard InChI is InChI=1S/C17H19NO2/c1-17(18,12-16(19)20-2)15-10-8-14(9-11-15)13-6-4-3-5-7-13/h3-11H,12,18H2,1-2H3. The molecule has 0 fully saturated rings. The van der Waals surface area contributed by atoms with Crippen LogP contribution in [0, 0.1) is 0 Å². The van der Waals surface area contributed by atoms with Crippen molar-refractivity contribution in [3.63, 3.8) is 0 Å². The van der Waals surface area contributed by atoms with Crippen LogP contribution in [0.25, 0.3) is 11.1 Å². The van der Waals surface area contributed by atoms with Crippen LogP contribution in [0.2, 0.25) is 0 Å². The third-order valence-electron chi connectivity index (χ3n) is 3.39. The number of hydrogen-bond donors (Lipinski definition) is 1. The Kier molecular flexibility index (Phi) is 4.20. The number of esters is 1. The van der Waals surface area contributed by atoms with Crippen LogP contribution in [-0.4, -0.2) is 13.1 Å². The normalized spacial score (nSPS) is 13.6. The van der Waals surface area contributed by atoms with Crippen molar-refractivity contribution in [3.05, 3.63) is 60.2 Å². The highest BCUT2D eigenvalue weighted by atomic mass is 16.5. The van der Waals surface area contributed by atoms with Crippen LogP contribution in [0.1, 0.15) is 18.9 Å². The van der Waals surface area contributed by atoms with E-state index in [1.807, 2.05) is 49.4 Å². The highest BCUT2D eigenvalue weighted by molar-refractivity contribution is 5.71. The van der Waals surface area contributed by atoms with E-state index < -0.39 is 5.54 Å². The molecule has 0 saturated carbocycles. The molecule has 0 aliphatic rings. The van der Waals surface area contributed by atoms with Gasteiger partial charge in [0.15, 0.2) is 0 Å². The summed E-state index contributed by atoms with van der Waals surface area (Å²) in [5, 5.41) is 0. The molecule has 2 N–H and O–H groups in total. The average Bonchev–Trinajstić information content (AvgIpc) is 2.48. The van der Waals surface area contributed by atoms with Gasteiger partial charge in [-0.25, -0.2) is 0 Å². The Hall–Kier alpha value is -2.13. The Bertz CT molecular complexity index is 574. The molecule has 2 rings (SSSR count). The van der Waals surface area contributed by atoms with E-state index in [1.54, 1.807) is 0 Å². The number of carbonyl (C=O) groups excluding carboxylic acids is 1. The Labute approximate surface area is 119 Å². The van der Waals surface area contributed by atoms with Crippen molar-refractivity contribution in [3.8, 4) is 11.1 Å². The number of ether oxygens (including phenoxy) is 1. The number of rotatable bonds is 4. The maximum atomic E-state index is 11.4. The minimum Gasteiger partial charge on any atom is -0.469 e. The third-order valence-corrected chi connectivity index (χ3v) is 3.39. The van der Waals surface area contributed by atoms with E-state index in [1.165, 1.54) is 7.11 Å². The largest absolute Gasteiger partial charge is 0.469 e. The van der Waals surface area contributed by atoms with Crippen molar-refractivity contribution >= 4 is 5.97 Å². The van der Waals surface area contributed by atoms with Gasteiger partial charge in [-0.15, -0.1) is 0 Å². The van der Waals surface area contributed by atoms with E-state index in [0.717, 1.165) is 16.7 Å². The second-order valence-electron chi connectivity index (χ2n) is 5.11. The van der Waals surface area contributed by atoms with Crippen molar-refractivity contribution in [2.75, 3.05) is 7.11 Å². The van der Waals surface area contributed by atoms with Gasteiger partial charge in [0, 0.05) is 5.54 Å². The molecule has 2 aromatic carbocycles. The molecule has 0 amide bonds. The van der Waals surface area contributed by atoms with E-state index in [0.29, 0.717) is 0 Å². The third kappa shape index (κ3) is 3.25. The van der Waals surface area contributed by atoms with Gasteiger partial charge in [-0.2, -0.15) is 0 Å². The maximum Gasteiger partial charge on any atom is 0.307 e. The van der Waals surface area contributed by atoms with E-state index in [2.05, 4.69) is 16.9 Å². The first-order valence-corrected chi connectivity index (χ1v) is 6.54. The SMILES string of the molecule is COC(=O)CC(C)(N)c1ccc(-c2ccccc2)cc1. The molecule has 20 heavy (non-hydrogen) atoms. The topological polar surface area (TPSA) is 52.3 Å². The van der Waals surface area contributed by atoms with Crippen LogP contribution in [0.3, 0.4) is 0 Å². The van der Waals surface area contributed by atoms with Crippen LogP contribution >= 0.6 is 0 Å². The zero-order valence-corrected chi connectivity index (χ0v) is 11.8. The smallest absolute Gasteiger partial charge is 0.307 e. The first-order chi connectivity index (χ1) is 9.53. The lowest BCUT2D eigenvalue weighted by Gasteiger charge is -2.24. The molecular weight excluding hydrogens is 250 g/mol. The predicted molar refractivity (Wildman–Crippen MR) is 80.1 cm³/mol. The van der Waals surface area contributed by atoms with Crippen molar-refractivity contribution < 1.29 is 9.53 Å². The Morgan fingerprint density at radius 3 is 2.15 bits per heavy atom. The number of methoxy groups -OCH3 is 1. The number of nitrogens with two attached hydrogens (primary N) is 1. The lowest BCUT2D eigenvalue weighted by molar-refractivity contribution is -0.141. The Morgan fingerprint density at radius 2 is 1.60 bits per heavy atom. The quantitative estimate of drug-likeness (QED) is 0.868. The number of carbonyl (C=O) groups is 1. The molecule has 2 aromatic rings. The molecule has 0 aromatic heterocycles. The number of hydrogen-bond acceptors (Lipinski definition) is 3. The Morgan fingerprint density at radius 1 is 1.05 bits per heavy atom. The van der Waals surface area contributed by atoms with Crippen LogP contribution in [0.4, 0.5) is 0 Å². The fraction of sp³-hybridized carbons (Fsp3) is 0.235. The molecule has 0 saturated heterocycles. The summed E-state index contributed by atoms with van der Waals surface area (Å²) in [4.78, 5) is 11.4. The molecule has 0 bridgehead atoms. The molecule has 0 radical (unpaired) electrons. The van der Waals surface area contributed by atoms with Gasteiger partial charge in [0.2, 0.25) is 0 Å². The molecule has 0 spiro atoms. The van der Waals surface area contributed by atoms with Gasteiger partial charge in [-0.05, 0) is 23.6 Å².